The van der Waals surface area contributed by atoms with Crippen molar-refractivity contribution >= 4 is 6.09 Å². The van der Waals surface area contributed by atoms with Crippen molar-refractivity contribution in [1.29, 1.82) is 0 Å². The molecule has 0 bridgehead atoms. The molecule has 1 fully saturated rings. The van der Waals surface area contributed by atoms with Crippen molar-refractivity contribution in [3.63, 3.8) is 0 Å². The first-order valence-corrected chi connectivity index (χ1v) is 6.72. The van der Waals surface area contributed by atoms with Crippen LogP contribution in [0.5, 0.6) is 11.5 Å². The summed E-state index contributed by atoms with van der Waals surface area (Å²) in [4.78, 5) is 13.8. The molecule has 0 aromatic heterocycles. The van der Waals surface area contributed by atoms with Gasteiger partial charge in [0.1, 0.15) is 11.6 Å². The highest BCUT2D eigenvalue weighted by Gasteiger charge is 2.50. The standard InChI is InChI=1S/C15H19NO4/c1-15(2)13-10-8-12(19-4)11(18-3)7-9(10)5-6-16(13)14(17)20-15/h7-8,13H,5-6H2,1-4H3. The van der Waals surface area contributed by atoms with E-state index >= 15 is 0 Å². The van der Waals surface area contributed by atoms with Crippen LogP contribution in [0.1, 0.15) is 31.0 Å². The van der Waals surface area contributed by atoms with E-state index in [0.717, 1.165) is 17.7 Å². The summed E-state index contributed by atoms with van der Waals surface area (Å²) in [7, 11) is 3.25. The normalized spacial score (nSPS) is 22.9. The Morgan fingerprint density at radius 1 is 1.25 bits per heavy atom. The van der Waals surface area contributed by atoms with E-state index in [1.54, 1.807) is 19.1 Å². The molecular formula is C15H19NO4. The maximum absolute atomic E-state index is 12.0. The van der Waals surface area contributed by atoms with Crippen LogP contribution in [0.3, 0.4) is 0 Å². The second-order valence-corrected chi connectivity index (χ2v) is 5.72. The number of benzene rings is 1. The SMILES string of the molecule is COc1cc2c(cc1OC)C1N(CC2)C(=O)OC1(C)C. The molecule has 20 heavy (non-hydrogen) atoms. The number of nitrogens with zero attached hydrogens (tertiary/aromatic N) is 1. The molecule has 0 saturated carbocycles. The lowest BCUT2D eigenvalue weighted by molar-refractivity contribution is 0.0667. The van der Waals surface area contributed by atoms with Crippen molar-refractivity contribution in [3.05, 3.63) is 23.3 Å². The average Bonchev–Trinajstić information content (AvgIpc) is 2.67. The minimum Gasteiger partial charge on any atom is -0.493 e. The fourth-order valence-electron chi connectivity index (χ4n) is 3.23. The average molecular weight is 277 g/mol. The van der Waals surface area contributed by atoms with Gasteiger partial charge in [0.25, 0.3) is 0 Å². The monoisotopic (exact) mass is 277 g/mol. The Balaban J connectivity index is 2.14. The van der Waals surface area contributed by atoms with Crippen molar-refractivity contribution in [2.24, 2.45) is 0 Å². The van der Waals surface area contributed by atoms with Crippen molar-refractivity contribution < 1.29 is 19.0 Å². The van der Waals surface area contributed by atoms with Crippen molar-refractivity contribution in [2.45, 2.75) is 31.9 Å². The summed E-state index contributed by atoms with van der Waals surface area (Å²) < 4.78 is 16.2. The summed E-state index contributed by atoms with van der Waals surface area (Å²) >= 11 is 0. The summed E-state index contributed by atoms with van der Waals surface area (Å²) in [6, 6.07) is 3.90. The van der Waals surface area contributed by atoms with Crippen LogP contribution in [0.2, 0.25) is 0 Å². The van der Waals surface area contributed by atoms with E-state index in [1.807, 2.05) is 26.0 Å². The fourth-order valence-corrected chi connectivity index (χ4v) is 3.23. The molecule has 5 nitrogen and oxygen atoms in total. The minimum absolute atomic E-state index is 0.0708. The van der Waals surface area contributed by atoms with Gasteiger partial charge in [0.05, 0.1) is 14.2 Å². The third kappa shape index (κ3) is 1.72. The largest absolute Gasteiger partial charge is 0.493 e. The second-order valence-electron chi connectivity index (χ2n) is 5.72. The number of ether oxygens (including phenoxy) is 3. The Bertz CT molecular complexity index is 567. The molecule has 1 aromatic carbocycles. The van der Waals surface area contributed by atoms with Gasteiger partial charge in [0.15, 0.2) is 11.5 Å². The van der Waals surface area contributed by atoms with Crippen molar-refractivity contribution in [3.8, 4) is 11.5 Å². The van der Waals surface area contributed by atoms with Gasteiger partial charge >= 0.3 is 6.09 Å². The molecule has 1 aromatic rings. The van der Waals surface area contributed by atoms with E-state index < -0.39 is 5.60 Å². The molecule has 1 amide bonds. The topological polar surface area (TPSA) is 48.0 Å². The Labute approximate surface area is 118 Å². The van der Waals surface area contributed by atoms with Gasteiger partial charge in [0, 0.05) is 6.54 Å². The zero-order chi connectivity index (χ0) is 14.5. The summed E-state index contributed by atoms with van der Waals surface area (Å²) in [6.45, 7) is 4.57. The van der Waals surface area contributed by atoms with Crippen LogP contribution >= 0.6 is 0 Å². The molecule has 0 spiro atoms. The molecule has 1 atom stereocenters. The Morgan fingerprint density at radius 2 is 1.90 bits per heavy atom. The van der Waals surface area contributed by atoms with Crippen molar-refractivity contribution in [1.82, 2.24) is 4.90 Å². The first-order valence-electron chi connectivity index (χ1n) is 6.72. The van der Waals surface area contributed by atoms with Gasteiger partial charge in [-0.05, 0) is 43.5 Å². The van der Waals surface area contributed by atoms with Gasteiger partial charge in [-0.2, -0.15) is 0 Å². The van der Waals surface area contributed by atoms with E-state index in [0.29, 0.717) is 12.3 Å². The van der Waals surface area contributed by atoms with Crippen LogP contribution in [-0.4, -0.2) is 37.4 Å². The summed E-state index contributed by atoms with van der Waals surface area (Å²) in [5.41, 5.74) is 1.74. The highest BCUT2D eigenvalue weighted by atomic mass is 16.6. The lowest BCUT2D eigenvalue weighted by Gasteiger charge is -2.35. The number of carbonyl (C=O) groups is 1. The van der Waals surface area contributed by atoms with E-state index in [4.69, 9.17) is 14.2 Å². The highest BCUT2D eigenvalue weighted by Crippen LogP contribution is 2.47. The summed E-state index contributed by atoms with van der Waals surface area (Å²) in [5.74, 6) is 1.41. The van der Waals surface area contributed by atoms with Gasteiger partial charge in [-0.1, -0.05) is 0 Å². The lowest BCUT2D eigenvalue weighted by atomic mass is 9.84. The van der Waals surface area contributed by atoms with Gasteiger partial charge in [-0.3, -0.25) is 4.90 Å². The van der Waals surface area contributed by atoms with Crippen LogP contribution in [0.25, 0.3) is 0 Å². The number of hydrogen-bond donors (Lipinski definition) is 0. The molecule has 108 valence electrons. The van der Waals surface area contributed by atoms with Crippen molar-refractivity contribution in [2.75, 3.05) is 20.8 Å². The molecule has 2 heterocycles. The third-order valence-corrected chi connectivity index (χ3v) is 4.12. The Hall–Kier alpha value is -1.91. The van der Waals surface area contributed by atoms with Crippen LogP contribution in [0, 0.1) is 0 Å². The molecule has 5 heteroatoms. The number of methoxy groups -OCH3 is 2. The number of fused-ring (bicyclic) bond motifs is 3. The first kappa shape index (κ1) is 13.1. The maximum atomic E-state index is 12.0. The van der Waals surface area contributed by atoms with Gasteiger partial charge in [0.2, 0.25) is 0 Å². The Morgan fingerprint density at radius 3 is 2.55 bits per heavy atom. The van der Waals surface area contributed by atoms with E-state index in [-0.39, 0.29) is 12.1 Å². The van der Waals surface area contributed by atoms with Crippen LogP contribution in [0.4, 0.5) is 4.79 Å². The zero-order valence-electron chi connectivity index (χ0n) is 12.2. The van der Waals surface area contributed by atoms with E-state index in [2.05, 4.69) is 0 Å². The van der Waals surface area contributed by atoms with Gasteiger partial charge in [-0.15, -0.1) is 0 Å². The Kier molecular flexibility index (Phi) is 2.81. The highest BCUT2D eigenvalue weighted by molar-refractivity contribution is 5.73. The first-order chi connectivity index (χ1) is 9.47. The van der Waals surface area contributed by atoms with Crippen LogP contribution in [0.15, 0.2) is 12.1 Å². The molecule has 3 rings (SSSR count). The second kappa shape index (κ2) is 4.30. The van der Waals surface area contributed by atoms with Crippen LogP contribution < -0.4 is 9.47 Å². The van der Waals surface area contributed by atoms with Gasteiger partial charge in [-0.25, -0.2) is 4.79 Å². The van der Waals surface area contributed by atoms with E-state index in [9.17, 15) is 4.79 Å². The molecule has 0 aliphatic carbocycles. The maximum Gasteiger partial charge on any atom is 0.411 e. The zero-order valence-corrected chi connectivity index (χ0v) is 12.2. The molecule has 1 saturated heterocycles. The fraction of sp³-hybridized carbons (Fsp3) is 0.533. The predicted molar refractivity (Wildman–Crippen MR) is 73.3 cm³/mol. The quantitative estimate of drug-likeness (QED) is 0.833. The third-order valence-electron chi connectivity index (χ3n) is 4.12. The summed E-state index contributed by atoms with van der Waals surface area (Å²) in [5, 5.41) is 0. The molecule has 0 radical (unpaired) electrons. The lowest BCUT2D eigenvalue weighted by Crippen LogP contribution is -2.39. The van der Waals surface area contributed by atoms with Crippen LogP contribution in [-0.2, 0) is 11.2 Å². The molecule has 2 aliphatic rings. The smallest absolute Gasteiger partial charge is 0.411 e. The molecule has 2 aliphatic heterocycles. The molecule has 1 unspecified atom stereocenters. The molecule has 0 N–H and O–H groups in total. The number of amides is 1. The van der Waals surface area contributed by atoms with E-state index in [1.165, 1.54) is 5.56 Å². The number of rotatable bonds is 2. The number of hydrogen-bond acceptors (Lipinski definition) is 4. The minimum atomic E-state index is -0.536. The van der Waals surface area contributed by atoms with Gasteiger partial charge < -0.3 is 14.2 Å². The summed E-state index contributed by atoms with van der Waals surface area (Å²) in [6.07, 6.45) is 0.567. The predicted octanol–water partition coefficient (Wildman–Crippen LogP) is 2.53. The molecular weight excluding hydrogens is 258 g/mol. The number of cyclic esters (lactones) is 1. The number of carbonyl (C=O) groups excluding carboxylic acids is 1.